The van der Waals surface area contributed by atoms with Crippen molar-refractivity contribution in [3.05, 3.63) is 23.8 Å². The molecule has 2 rings (SSSR count). The molecule has 9 nitrogen and oxygen atoms in total. The van der Waals surface area contributed by atoms with E-state index < -0.39 is 16.1 Å². The first kappa shape index (κ1) is 30.3. The Labute approximate surface area is 217 Å². The van der Waals surface area contributed by atoms with Crippen LogP contribution in [0.5, 0.6) is 5.75 Å². The van der Waals surface area contributed by atoms with Gasteiger partial charge in [-0.1, -0.05) is 13.8 Å². The Bertz CT molecular complexity index is 942. The van der Waals surface area contributed by atoms with E-state index in [1.54, 1.807) is 24.0 Å². The number of likely N-dealkylation sites (N-methyl/N-ethyl adjacent to an activating group) is 1. The van der Waals surface area contributed by atoms with Crippen LogP contribution in [0, 0.1) is 5.92 Å². The lowest BCUT2D eigenvalue weighted by molar-refractivity contribution is -0.0167. The number of carbonyl (C=O) groups is 1. The van der Waals surface area contributed by atoms with E-state index in [0.29, 0.717) is 18.9 Å². The number of ether oxygens (including phenoxy) is 2. The van der Waals surface area contributed by atoms with Crippen molar-refractivity contribution in [3.63, 3.8) is 0 Å². The molecule has 0 bridgehead atoms. The minimum absolute atomic E-state index is 0.00539. The molecule has 206 valence electrons. The molecule has 10 heteroatoms. The normalized spacial score (nSPS) is 23.5. The fourth-order valence-electron chi connectivity index (χ4n) is 4.44. The lowest BCUT2D eigenvalue weighted by atomic mass is 10.0. The third kappa shape index (κ3) is 9.53. The molecule has 0 fully saturated rings. The third-order valence-electron chi connectivity index (χ3n) is 6.45. The van der Waals surface area contributed by atoms with Crippen LogP contribution in [-0.2, 0) is 14.8 Å². The first-order chi connectivity index (χ1) is 16.9. The van der Waals surface area contributed by atoms with Crippen LogP contribution in [0.1, 0.15) is 63.7 Å². The van der Waals surface area contributed by atoms with Crippen LogP contribution in [0.2, 0.25) is 0 Å². The summed E-state index contributed by atoms with van der Waals surface area (Å²) in [7, 11) is -1.45. The van der Waals surface area contributed by atoms with Gasteiger partial charge in [-0.3, -0.25) is 9.52 Å². The Balaban J connectivity index is 2.48. The van der Waals surface area contributed by atoms with Gasteiger partial charge in [0.25, 0.3) is 5.91 Å². The van der Waals surface area contributed by atoms with Crippen LogP contribution in [0.15, 0.2) is 18.2 Å². The number of rotatable bonds is 8. The minimum Gasteiger partial charge on any atom is -0.490 e. The number of fused-ring (bicyclic) bond motifs is 1. The summed E-state index contributed by atoms with van der Waals surface area (Å²) in [6.07, 6.45) is 4.54. The second-order valence-corrected chi connectivity index (χ2v) is 11.9. The summed E-state index contributed by atoms with van der Waals surface area (Å²) >= 11 is 0. The van der Waals surface area contributed by atoms with Crippen LogP contribution in [0.25, 0.3) is 0 Å². The number of benzene rings is 1. The summed E-state index contributed by atoms with van der Waals surface area (Å²) in [6, 6.07) is 4.31. The monoisotopic (exact) mass is 527 g/mol. The molecule has 1 aliphatic rings. The number of carbonyl (C=O) groups excluding carboxylic acids is 1. The SMILES string of the molecule is CCCN(C)C[C@@H]1OCCCC[C@@H](C)Oc2ccc(NS(C)(=O)=O)cc2C(=O)N([C@H](C)CO)C[C@H]1C. The summed E-state index contributed by atoms with van der Waals surface area (Å²) in [5.41, 5.74) is 0.551. The first-order valence-corrected chi connectivity index (χ1v) is 14.8. The fraction of sp³-hybridized carbons (Fsp3) is 0.731. The Morgan fingerprint density at radius 3 is 2.64 bits per heavy atom. The van der Waals surface area contributed by atoms with Crippen molar-refractivity contribution in [2.45, 2.75) is 71.6 Å². The molecule has 1 heterocycles. The predicted octanol–water partition coefficient (Wildman–Crippen LogP) is 3.20. The molecular weight excluding hydrogens is 482 g/mol. The Morgan fingerprint density at radius 2 is 2.00 bits per heavy atom. The van der Waals surface area contributed by atoms with Crippen LogP contribution in [0.4, 0.5) is 5.69 Å². The van der Waals surface area contributed by atoms with Gasteiger partial charge in [-0.2, -0.15) is 0 Å². The molecule has 0 radical (unpaired) electrons. The van der Waals surface area contributed by atoms with Gasteiger partial charge in [0.15, 0.2) is 0 Å². The van der Waals surface area contributed by atoms with Crippen molar-refractivity contribution in [2.75, 3.05) is 50.9 Å². The number of aliphatic hydroxyl groups excluding tert-OH is 1. The number of hydrogen-bond acceptors (Lipinski definition) is 7. The van der Waals surface area contributed by atoms with E-state index in [1.165, 1.54) is 6.07 Å². The summed E-state index contributed by atoms with van der Waals surface area (Å²) in [6.45, 7) is 10.5. The van der Waals surface area contributed by atoms with Crippen molar-refractivity contribution >= 4 is 21.6 Å². The number of aliphatic hydroxyl groups is 1. The zero-order valence-electron chi connectivity index (χ0n) is 22.7. The quantitative estimate of drug-likeness (QED) is 0.534. The minimum atomic E-state index is -3.52. The highest BCUT2D eigenvalue weighted by Gasteiger charge is 2.30. The molecule has 1 aromatic rings. The van der Waals surface area contributed by atoms with Gasteiger partial charge in [0.05, 0.1) is 36.7 Å². The summed E-state index contributed by atoms with van der Waals surface area (Å²) in [4.78, 5) is 17.8. The lowest BCUT2D eigenvalue weighted by Gasteiger charge is -2.35. The van der Waals surface area contributed by atoms with Gasteiger partial charge in [-0.05, 0) is 71.3 Å². The molecule has 0 saturated carbocycles. The molecular formula is C26H45N3O6S. The van der Waals surface area contributed by atoms with Gasteiger partial charge in [0, 0.05) is 31.3 Å². The Kier molecular flexibility index (Phi) is 11.9. The van der Waals surface area contributed by atoms with Crippen molar-refractivity contribution < 1.29 is 27.8 Å². The molecule has 0 aromatic heterocycles. The molecule has 0 saturated heterocycles. The summed E-state index contributed by atoms with van der Waals surface area (Å²) in [5.74, 6) is 0.0909. The third-order valence-corrected chi connectivity index (χ3v) is 7.06. The van der Waals surface area contributed by atoms with Crippen LogP contribution < -0.4 is 9.46 Å². The summed E-state index contributed by atoms with van der Waals surface area (Å²) in [5, 5.41) is 9.98. The van der Waals surface area contributed by atoms with E-state index in [2.05, 4.69) is 30.5 Å². The molecule has 0 aliphatic carbocycles. The molecule has 1 amide bonds. The largest absolute Gasteiger partial charge is 0.490 e. The van der Waals surface area contributed by atoms with Gasteiger partial charge in [-0.15, -0.1) is 0 Å². The number of amides is 1. The van der Waals surface area contributed by atoms with Gasteiger partial charge >= 0.3 is 0 Å². The second-order valence-electron chi connectivity index (χ2n) is 10.1. The highest BCUT2D eigenvalue weighted by molar-refractivity contribution is 7.92. The molecule has 36 heavy (non-hydrogen) atoms. The Hall–Kier alpha value is -1.88. The maximum atomic E-state index is 13.9. The van der Waals surface area contributed by atoms with Gasteiger partial charge in [0.2, 0.25) is 10.0 Å². The average molecular weight is 528 g/mol. The van der Waals surface area contributed by atoms with E-state index in [4.69, 9.17) is 9.47 Å². The smallest absolute Gasteiger partial charge is 0.258 e. The second kappa shape index (κ2) is 14.2. The standard InChI is InChI=1S/C26H45N3O6S/c1-7-13-28(5)17-25-19(2)16-29(20(3)18-30)26(31)23-15-22(27-36(6,32)33)11-12-24(23)35-21(4)10-8-9-14-34-25/h11-12,15,19-21,25,27,30H,7-10,13-14,16-18H2,1-6H3/t19-,20-,21-,25+/m1/s1. The van der Waals surface area contributed by atoms with E-state index >= 15 is 0 Å². The zero-order valence-corrected chi connectivity index (χ0v) is 23.5. The van der Waals surface area contributed by atoms with E-state index in [9.17, 15) is 18.3 Å². The highest BCUT2D eigenvalue weighted by atomic mass is 32.2. The fourth-order valence-corrected chi connectivity index (χ4v) is 5.00. The number of nitrogens with one attached hydrogen (secondary N) is 1. The number of nitrogens with zero attached hydrogens (tertiary/aromatic N) is 2. The van der Waals surface area contributed by atoms with Gasteiger partial charge in [-0.25, -0.2) is 8.42 Å². The molecule has 4 atom stereocenters. The maximum Gasteiger partial charge on any atom is 0.258 e. The maximum absolute atomic E-state index is 13.9. The van der Waals surface area contributed by atoms with Gasteiger partial charge < -0.3 is 24.4 Å². The van der Waals surface area contributed by atoms with Gasteiger partial charge in [0.1, 0.15) is 5.75 Å². The van der Waals surface area contributed by atoms with Crippen molar-refractivity contribution in [3.8, 4) is 5.75 Å². The van der Waals surface area contributed by atoms with Crippen molar-refractivity contribution in [1.82, 2.24) is 9.80 Å². The number of sulfonamides is 1. The van der Waals surface area contributed by atoms with E-state index in [-0.39, 0.29) is 41.9 Å². The van der Waals surface area contributed by atoms with Crippen LogP contribution in [0.3, 0.4) is 0 Å². The Morgan fingerprint density at radius 1 is 1.28 bits per heavy atom. The topological polar surface area (TPSA) is 108 Å². The van der Waals surface area contributed by atoms with Crippen LogP contribution >= 0.6 is 0 Å². The molecule has 1 aliphatic heterocycles. The molecule has 0 spiro atoms. The van der Waals surface area contributed by atoms with Crippen molar-refractivity contribution in [2.24, 2.45) is 5.92 Å². The van der Waals surface area contributed by atoms with Crippen LogP contribution in [-0.4, -0.2) is 93.6 Å². The molecule has 2 N–H and O–H groups in total. The predicted molar refractivity (Wildman–Crippen MR) is 143 cm³/mol. The first-order valence-electron chi connectivity index (χ1n) is 13.0. The lowest BCUT2D eigenvalue weighted by Crippen LogP contribution is -2.47. The molecule has 1 aromatic carbocycles. The number of anilines is 1. The average Bonchev–Trinajstić information content (AvgIpc) is 2.80. The molecule has 0 unspecified atom stereocenters. The summed E-state index contributed by atoms with van der Waals surface area (Å²) < 4.78 is 38.6. The number of hydrogen-bond donors (Lipinski definition) is 2. The van der Waals surface area contributed by atoms with Crippen molar-refractivity contribution in [1.29, 1.82) is 0 Å². The van der Waals surface area contributed by atoms with E-state index in [0.717, 1.165) is 45.0 Å². The highest BCUT2D eigenvalue weighted by Crippen LogP contribution is 2.28. The van der Waals surface area contributed by atoms with E-state index in [1.807, 2.05) is 6.92 Å². The zero-order chi connectivity index (χ0) is 26.9.